The quantitative estimate of drug-likeness (QED) is 0.729. The van der Waals surface area contributed by atoms with Crippen LogP contribution < -0.4 is 5.63 Å². The Balaban J connectivity index is 2.24. The molecule has 3 rings (SSSR count). The largest absolute Gasteiger partial charge is 0.423 e. The fourth-order valence-electron chi connectivity index (χ4n) is 1.80. The van der Waals surface area contributed by atoms with Crippen LogP contribution in [-0.2, 0) is 0 Å². The van der Waals surface area contributed by atoms with Crippen LogP contribution in [0.4, 0.5) is 0 Å². The van der Waals surface area contributed by atoms with Crippen LogP contribution in [-0.4, -0.2) is 15.0 Å². The number of halogens is 2. The molecular weight excluding hydrogens is 301 g/mol. The summed E-state index contributed by atoms with van der Waals surface area (Å²) in [7, 11) is 0. The Morgan fingerprint density at radius 3 is 2.70 bits per heavy atom. The van der Waals surface area contributed by atoms with Crippen LogP contribution >= 0.6 is 23.2 Å². The van der Waals surface area contributed by atoms with Gasteiger partial charge in [-0.1, -0.05) is 34.5 Å². The number of hydrogen-bond donors (Lipinski definition) is 0. The van der Waals surface area contributed by atoms with E-state index in [4.69, 9.17) is 27.6 Å². The van der Waals surface area contributed by atoms with E-state index in [9.17, 15) is 4.79 Å². The summed E-state index contributed by atoms with van der Waals surface area (Å²) in [6, 6.07) is 9.76. The van der Waals surface area contributed by atoms with Gasteiger partial charge in [0.2, 0.25) is 0 Å². The second-order valence-electron chi connectivity index (χ2n) is 3.96. The molecule has 100 valence electrons. The van der Waals surface area contributed by atoms with Crippen molar-refractivity contribution in [3.63, 3.8) is 0 Å². The first-order valence-corrected chi connectivity index (χ1v) is 6.37. The topological polar surface area (TPSA) is 60.9 Å². The minimum absolute atomic E-state index is 0.264. The summed E-state index contributed by atoms with van der Waals surface area (Å²) in [5.74, 6) is 0.390. The molecule has 2 aromatic heterocycles. The molecule has 0 N–H and O–H groups in total. The Bertz CT molecular complexity index is 826. The molecule has 0 aliphatic heterocycles. The summed E-state index contributed by atoms with van der Waals surface area (Å²) in [6.45, 7) is 0. The van der Waals surface area contributed by atoms with Gasteiger partial charge in [0, 0.05) is 16.7 Å². The molecule has 3 aromatic rings. The zero-order valence-corrected chi connectivity index (χ0v) is 11.5. The molecule has 0 spiro atoms. The average molecular weight is 308 g/mol. The van der Waals surface area contributed by atoms with Gasteiger partial charge in [0.1, 0.15) is 5.76 Å². The van der Waals surface area contributed by atoms with Crippen LogP contribution in [0.1, 0.15) is 0 Å². The molecule has 5 nitrogen and oxygen atoms in total. The first-order chi connectivity index (χ1) is 9.63. The highest BCUT2D eigenvalue weighted by Crippen LogP contribution is 2.28. The number of nitrogens with zero attached hydrogens (tertiary/aromatic N) is 3. The van der Waals surface area contributed by atoms with E-state index in [1.54, 1.807) is 36.5 Å². The second kappa shape index (κ2) is 5.11. The van der Waals surface area contributed by atoms with Crippen LogP contribution in [0.5, 0.6) is 0 Å². The first kappa shape index (κ1) is 12.9. The van der Waals surface area contributed by atoms with E-state index in [0.717, 1.165) is 0 Å². The van der Waals surface area contributed by atoms with Gasteiger partial charge >= 0.3 is 5.63 Å². The van der Waals surface area contributed by atoms with Gasteiger partial charge < -0.3 is 4.42 Å². The molecule has 0 fully saturated rings. The Hall–Kier alpha value is -2.11. The smallest absolute Gasteiger partial charge is 0.336 e. The number of rotatable bonds is 2. The highest BCUT2D eigenvalue weighted by atomic mass is 35.5. The van der Waals surface area contributed by atoms with E-state index in [1.165, 1.54) is 10.7 Å². The summed E-state index contributed by atoms with van der Waals surface area (Å²) in [5.41, 5.74) is 0.838. The molecular formula is C13H7Cl2N3O2. The summed E-state index contributed by atoms with van der Waals surface area (Å²) in [4.78, 5) is 11.3. The van der Waals surface area contributed by atoms with Crippen molar-refractivity contribution in [3.8, 4) is 17.0 Å². The second-order valence-corrected chi connectivity index (χ2v) is 4.78. The Morgan fingerprint density at radius 2 is 2.00 bits per heavy atom. The molecule has 0 unspecified atom stereocenters. The molecule has 1 aromatic carbocycles. The third-order valence-corrected chi connectivity index (χ3v) is 3.04. The molecule has 0 saturated carbocycles. The Labute approximate surface area is 123 Å². The average Bonchev–Trinajstić information content (AvgIpc) is 2.85. The van der Waals surface area contributed by atoms with Gasteiger partial charge in [-0.25, -0.2) is 9.48 Å². The van der Waals surface area contributed by atoms with Crippen molar-refractivity contribution in [2.24, 2.45) is 0 Å². The summed E-state index contributed by atoms with van der Waals surface area (Å²) >= 11 is 11.8. The maximum Gasteiger partial charge on any atom is 0.336 e. The molecule has 0 atom stereocenters. The fraction of sp³-hybridized carbons (Fsp3) is 0. The minimum Gasteiger partial charge on any atom is -0.423 e. The third kappa shape index (κ3) is 2.45. The van der Waals surface area contributed by atoms with Crippen molar-refractivity contribution in [2.45, 2.75) is 0 Å². The van der Waals surface area contributed by atoms with Crippen molar-refractivity contribution in [1.29, 1.82) is 0 Å². The number of aromatic nitrogens is 3. The molecule has 0 amide bonds. The lowest BCUT2D eigenvalue weighted by Gasteiger charge is -2.08. The number of hydrogen-bond acceptors (Lipinski definition) is 4. The normalized spacial score (nSPS) is 10.7. The van der Waals surface area contributed by atoms with Gasteiger partial charge in [-0.15, -0.1) is 5.10 Å². The van der Waals surface area contributed by atoms with E-state index < -0.39 is 5.63 Å². The van der Waals surface area contributed by atoms with Crippen LogP contribution in [0.25, 0.3) is 17.0 Å². The van der Waals surface area contributed by atoms with Gasteiger partial charge in [-0.3, -0.25) is 0 Å². The zero-order chi connectivity index (χ0) is 14.1. The lowest BCUT2D eigenvalue weighted by atomic mass is 10.1. The Kier molecular flexibility index (Phi) is 3.30. The van der Waals surface area contributed by atoms with Crippen molar-refractivity contribution in [2.75, 3.05) is 0 Å². The molecule has 7 heteroatoms. The van der Waals surface area contributed by atoms with Crippen molar-refractivity contribution >= 4 is 23.2 Å². The summed E-state index contributed by atoms with van der Waals surface area (Å²) < 4.78 is 6.67. The lowest BCUT2D eigenvalue weighted by Crippen LogP contribution is -2.00. The predicted molar refractivity (Wildman–Crippen MR) is 75.4 cm³/mol. The Morgan fingerprint density at radius 1 is 1.15 bits per heavy atom. The standard InChI is InChI=1S/C13H7Cl2N3O2/c14-8-4-5-10(18-7-12(15)16-17-18)9(6-8)11-2-1-3-13(19)20-11/h1-7H. The van der Waals surface area contributed by atoms with Crippen molar-refractivity contribution in [3.05, 3.63) is 63.2 Å². The van der Waals surface area contributed by atoms with Gasteiger partial charge in [0.25, 0.3) is 0 Å². The summed E-state index contributed by atoms with van der Waals surface area (Å²) in [5, 5.41) is 8.40. The van der Waals surface area contributed by atoms with Gasteiger partial charge in [0.05, 0.1) is 11.9 Å². The highest BCUT2D eigenvalue weighted by Gasteiger charge is 2.12. The van der Waals surface area contributed by atoms with Gasteiger partial charge in [0.15, 0.2) is 5.15 Å². The van der Waals surface area contributed by atoms with Crippen LogP contribution in [0.15, 0.2) is 51.8 Å². The van der Waals surface area contributed by atoms with E-state index in [0.29, 0.717) is 22.0 Å². The molecule has 2 heterocycles. The summed E-state index contributed by atoms with van der Waals surface area (Å²) in [6.07, 6.45) is 1.55. The lowest BCUT2D eigenvalue weighted by molar-refractivity contribution is 0.525. The van der Waals surface area contributed by atoms with Crippen molar-refractivity contribution in [1.82, 2.24) is 15.0 Å². The predicted octanol–water partition coefficient (Wildman–Crippen LogP) is 3.19. The van der Waals surface area contributed by atoms with Crippen LogP contribution in [0.3, 0.4) is 0 Å². The van der Waals surface area contributed by atoms with E-state index in [-0.39, 0.29) is 5.15 Å². The molecule has 0 bridgehead atoms. The molecule has 0 saturated heterocycles. The zero-order valence-electron chi connectivity index (χ0n) is 9.96. The maximum atomic E-state index is 11.3. The van der Waals surface area contributed by atoms with Crippen molar-refractivity contribution < 1.29 is 4.42 Å². The van der Waals surface area contributed by atoms with E-state index in [1.807, 2.05) is 0 Å². The maximum absolute atomic E-state index is 11.3. The molecule has 20 heavy (non-hydrogen) atoms. The first-order valence-electron chi connectivity index (χ1n) is 5.62. The van der Waals surface area contributed by atoms with Gasteiger partial charge in [-0.05, 0) is 24.3 Å². The third-order valence-electron chi connectivity index (χ3n) is 2.63. The number of benzene rings is 1. The van der Waals surface area contributed by atoms with Crippen LogP contribution in [0.2, 0.25) is 10.2 Å². The van der Waals surface area contributed by atoms with E-state index >= 15 is 0 Å². The highest BCUT2D eigenvalue weighted by molar-refractivity contribution is 6.31. The van der Waals surface area contributed by atoms with E-state index in [2.05, 4.69) is 10.3 Å². The van der Waals surface area contributed by atoms with Gasteiger partial charge in [-0.2, -0.15) is 0 Å². The molecule has 0 radical (unpaired) electrons. The SMILES string of the molecule is O=c1cccc(-c2cc(Cl)ccc2-n2cc(Cl)nn2)o1. The monoisotopic (exact) mass is 307 g/mol. The fourth-order valence-corrected chi connectivity index (χ4v) is 2.10. The molecule has 0 aliphatic rings. The minimum atomic E-state index is -0.440. The van der Waals surface area contributed by atoms with Crippen LogP contribution in [0, 0.1) is 0 Å². The molecule has 0 aliphatic carbocycles.